The second-order valence-electron chi connectivity index (χ2n) is 3.72. The van der Waals surface area contributed by atoms with Crippen molar-refractivity contribution in [3.8, 4) is 6.07 Å². The Morgan fingerprint density at radius 1 is 1.39 bits per heavy atom. The number of amides is 1. The number of nitriles is 1. The van der Waals surface area contributed by atoms with Crippen molar-refractivity contribution >= 4 is 17.6 Å². The van der Waals surface area contributed by atoms with Gasteiger partial charge in [0.15, 0.2) is 0 Å². The molecule has 0 saturated heterocycles. The monoisotopic (exact) mass is 247 g/mol. The van der Waals surface area contributed by atoms with Gasteiger partial charge in [0, 0.05) is 12.1 Å². The summed E-state index contributed by atoms with van der Waals surface area (Å²) < 4.78 is 0. The Morgan fingerprint density at radius 2 is 2.00 bits per heavy atom. The fraction of sp³-hybridized carbons (Fsp3) is 0.250. The molecule has 0 fully saturated rings. The van der Waals surface area contributed by atoms with E-state index in [1.165, 1.54) is 0 Å². The highest BCUT2D eigenvalue weighted by atomic mass is 16.4. The third kappa shape index (κ3) is 4.23. The third-order valence-electron chi connectivity index (χ3n) is 2.29. The molecule has 6 nitrogen and oxygen atoms in total. The maximum absolute atomic E-state index is 11.6. The standard InChI is InChI=1S/C12H13N3O3/c13-7-8-1-3-9(4-2-8)15-12(18)10(14)5-6-11(16)17/h1-4,10H,5-6,14H2,(H,15,18)(H,16,17)/t10-/m0/s1. The molecular weight excluding hydrogens is 234 g/mol. The Hall–Kier alpha value is -2.39. The molecule has 0 unspecified atom stereocenters. The van der Waals surface area contributed by atoms with E-state index in [9.17, 15) is 9.59 Å². The summed E-state index contributed by atoms with van der Waals surface area (Å²) in [4.78, 5) is 21.9. The van der Waals surface area contributed by atoms with E-state index in [0.717, 1.165) is 0 Å². The molecule has 94 valence electrons. The van der Waals surface area contributed by atoms with Crippen LogP contribution in [0, 0.1) is 11.3 Å². The molecule has 0 bridgehead atoms. The lowest BCUT2D eigenvalue weighted by molar-refractivity contribution is -0.137. The third-order valence-corrected chi connectivity index (χ3v) is 2.29. The lowest BCUT2D eigenvalue weighted by Crippen LogP contribution is -2.36. The normalized spacial score (nSPS) is 11.3. The largest absolute Gasteiger partial charge is 0.481 e. The van der Waals surface area contributed by atoms with Gasteiger partial charge in [-0.3, -0.25) is 9.59 Å². The Morgan fingerprint density at radius 3 is 2.50 bits per heavy atom. The lowest BCUT2D eigenvalue weighted by Gasteiger charge is -2.11. The molecule has 0 radical (unpaired) electrons. The van der Waals surface area contributed by atoms with Gasteiger partial charge in [0.2, 0.25) is 5.91 Å². The Balaban J connectivity index is 2.53. The van der Waals surface area contributed by atoms with Gasteiger partial charge in [-0.25, -0.2) is 0 Å². The second-order valence-corrected chi connectivity index (χ2v) is 3.72. The SMILES string of the molecule is N#Cc1ccc(NC(=O)[C@@H](N)CCC(=O)O)cc1. The quantitative estimate of drug-likeness (QED) is 0.707. The maximum atomic E-state index is 11.6. The van der Waals surface area contributed by atoms with Crippen molar-refractivity contribution in [3.05, 3.63) is 29.8 Å². The number of hydrogen-bond acceptors (Lipinski definition) is 4. The molecule has 1 aromatic carbocycles. The molecule has 18 heavy (non-hydrogen) atoms. The Kier molecular flexibility index (Phi) is 4.84. The number of rotatable bonds is 5. The van der Waals surface area contributed by atoms with Gasteiger partial charge in [-0.15, -0.1) is 0 Å². The average Bonchev–Trinajstić information content (AvgIpc) is 2.36. The van der Waals surface area contributed by atoms with Crippen molar-refractivity contribution in [1.82, 2.24) is 0 Å². The van der Waals surface area contributed by atoms with Crippen molar-refractivity contribution in [3.63, 3.8) is 0 Å². The van der Waals surface area contributed by atoms with Gasteiger partial charge in [-0.05, 0) is 30.7 Å². The summed E-state index contributed by atoms with van der Waals surface area (Å²) in [5.74, 6) is -1.43. The van der Waals surface area contributed by atoms with Crippen molar-refractivity contribution in [2.24, 2.45) is 5.73 Å². The van der Waals surface area contributed by atoms with Gasteiger partial charge in [-0.2, -0.15) is 5.26 Å². The molecule has 0 aliphatic rings. The van der Waals surface area contributed by atoms with Crippen LogP contribution < -0.4 is 11.1 Å². The molecule has 0 aromatic heterocycles. The number of anilines is 1. The molecule has 1 rings (SSSR count). The number of aliphatic carboxylic acids is 1. The molecule has 6 heteroatoms. The minimum Gasteiger partial charge on any atom is -0.481 e. The van der Waals surface area contributed by atoms with Crippen molar-refractivity contribution in [1.29, 1.82) is 5.26 Å². The first kappa shape index (κ1) is 13.7. The molecule has 0 saturated carbocycles. The topological polar surface area (TPSA) is 116 Å². The fourth-order valence-corrected chi connectivity index (χ4v) is 1.27. The minimum atomic E-state index is -0.989. The van der Waals surface area contributed by atoms with Crippen molar-refractivity contribution in [2.75, 3.05) is 5.32 Å². The van der Waals surface area contributed by atoms with E-state index >= 15 is 0 Å². The molecule has 1 atom stereocenters. The number of carboxylic acid groups (broad SMARTS) is 1. The highest BCUT2D eigenvalue weighted by molar-refractivity contribution is 5.94. The van der Waals surface area contributed by atoms with Gasteiger partial charge < -0.3 is 16.2 Å². The highest BCUT2D eigenvalue weighted by Gasteiger charge is 2.14. The van der Waals surface area contributed by atoms with Crippen molar-refractivity contribution < 1.29 is 14.7 Å². The number of carboxylic acids is 1. The summed E-state index contributed by atoms with van der Waals surface area (Å²) >= 11 is 0. The van der Waals surface area contributed by atoms with E-state index in [-0.39, 0.29) is 12.8 Å². The van der Waals surface area contributed by atoms with Crippen LogP contribution in [0.5, 0.6) is 0 Å². The number of nitrogens with zero attached hydrogens (tertiary/aromatic N) is 1. The van der Waals surface area contributed by atoms with E-state index in [1.54, 1.807) is 24.3 Å². The van der Waals surface area contributed by atoms with Crippen LogP contribution in [-0.2, 0) is 9.59 Å². The van der Waals surface area contributed by atoms with Gasteiger partial charge in [0.05, 0.1) is 17.7 Å². The predicted molar refractivity (Wildman–Crippen MR) is 64.6 cm³/mol. The zero-order chi connectivity index (χ0) is 13.5. The average molecular weight is 247 g/mol. The molecular formula is C12H13N3O3. The summed E-state index contributed by atoms with van der Waals surface area (Å²) in [5, 5.41) is 19.6. The summed E-state index contributed by atoms with van der Waals surface area (Å²) in [6.45, 7) is 0. The zero-order valence-corrected chi connectivity index (χ0v) is 9.59. The van der Waals surface area contributed by atoms with E-state index in [1.807, 2.05) is 6.07 Å². The summed E-state index contributed by atoms with van der Waals surface area (Å²) in [6, 6.07) is 7.40. The first-order valence-corrected chi connectivity index (χ1v) is 5.31. The fourth-order valence-electron chi connectivity index (χ4n) is 1.27. The molecule has 4 N–H and O–H groups in total. The first-order valence-electron chi connectivity index (χ1n) is 5.31. The molecule has 1 aromatic rings. The molecule has 0 heterocycles. The van der Waals surface area contributed by atoms with Crippen LogP contribution in [-0.4, -0.2) is 23.0 Å². The van der Waals surface area contributed by atoms with Crippen LogP contribution in [0.3, 0.4) is 0 Å². The van der Waals surface area contributed by atoms with E-state index in [2.05, 4.69) is 5.32 Å². The number of carbonyl (C=O) groups is 2. The molecule has 0 spiro atoms. The van der Waals surface area contributed by atoms with Gasteiger partial charge >= 0.3 is 5.97 Å². The Labute approximate surface area is 104 Å². The smallest absolute Gasteiger partial charge is 0.303 e. The Bertz CT molecular complexity index is 476. The molecule has 0 aliphatic heterocycles. The zero-order valence-electron chi connectivity index (χ0n) is 9.59. The van der Waals surface area contributed by atoms with Gasteiger partial charge in [0.1, 0.15) is 0 Å². The summed E-state index contributed by atoms with van der Waals surface area (Å²) in [7, 11) is 0. The van der Waals surface area contributed by atoms with Gasteiger partial charge in [0.25, 0.3) is 0 Å². The summed E-state index contributed by atoms with van der Waals surface area (Å²) in [5.41, 5.74) is 6.55. The summed E-state index contributed by atoms with van der Waals surface area (Å²) in [6.07, 6.45) is -0.0700. The van der Waals surface area contributed by atoms with E-state index in [4.69, 9.17) is 16.1 Å². The highest BCUT2D eigenvalue weighted by Crippen LogP contribution is 2.09. The second kappa shape index (κ2) is 6.37. The van der Waals surface area contributed by atoms with Crippen LogP contribution in [0.4, 0.5) is 5.69 Å². The van der Waals surface area contributed by atoms with E-state index < -0.39 is 17.9 Å². The number of nitrogens with one attached hydrogen (secondary N) is 1. The molecule has 0 aliphatic carbocycles. The number of nitrogens with two attached hydrogens (primary N) is 1. The van der Waals surface area contributed by atoms with Gasteiger partial charge in [-0.1, -0.05) is 0 Å². The van der Waals surface area contributed by atoms with Crippen molar-refractivity contribution in [2.45, 2.75) is 18.9 Å². The van der Waals surface area contributed by atoms with Crippen LogP contribution in [0.25, 0.3) is 0 Å². The number of benzene rings is 1. The number of hydrogen-bond donors (Lipinski definition) is 3. The minimum absolute atomic E-state index is 0.0808. The van der Waals surface area contributed by atoms with E-state index in [0.29, 0.717) is 11.3 Å². The predicted octanol–water partition coefficient (Wildman–Crippen LogP) is 0.689. The van der Waals surface area contributed by atoms with Crippen LogP contribution in [0.2, 0.25) is 0 Å². The lowest BCUT2D eigenvalue weighted by atomic mass is 10.1. The maximum Gasteiger partial charge on any atom is 0.303 e. The molecule has 1 amide bonds. The van der Waals surface area contributed by atoms with Crippen LogP contribution >= 0.6 is 0 Å². The first-order chi connectivity index (χ1) is 8.52. The van der Waals surface area contributed by atoms with Crippen LogP contribution in [0.15, 0.2) is 24.3 Å². The van der Waals surface area contributed by atoms with Crippen LogP contribution in [0.1, 0.15) is 18.4 Å². The number of carbonyl (C=O) groups excluding carboxylic acids is 1.